The maximum atomic E-state index is 11.9. The molecule has 0 aromatic rings. The summed E-state index contributed by atoms with van der Waals surface area (Å²) in [6.07, 6.45) is 1.53. The van der Waals surface area contributed by atoms with Gasteiger partial charge in [-0.15, -0.1) is 0 Å². The SMILES string of the molecule is C=C1C(=O)O[C@@H]2[C@@H]3[C@@H](CC[C@@]3(C)O)[C@@]3(CC[C@@H]12)COC(=O)O3. The first-order valence-electron chi connectivity index (χ1n) is 7.82. The summed E-state index contributed by atoms with van der Waals surface area (Å²) in [4.78, 5) is 23.4. The number of hydrogen-bond donors (Lipinski definition) is 1. The summed E-state index contributed by atoms with van der Waals surface area (Å²) in [6.45, 7) is 5.85. The standard InChI is InChI=1S/C16H20O6/c1-8-9-3-6-16(7-20-14(18)22-16)10-4-5-15(2,19)11(10)12(9)21-13(8)17/h9-12,19H,1,3-7H2,2H3/t9-,10+,11-,12-,15+,16+/m0/s1. The third kappa shape index (κ3) is 1.70. The molecule has 0 radical (unpaired) electrons. The van der Waals surface area contributed by atoms with E-state index in [2.05, 4.69) is 6.58 Å². The molecule has 120 valence electrons. The molecule has 6 nitrogen and oxygen atoms in total. The molecule has 0 aromatic heterocycles. The van der Waals surface area contributed by atoms with Crippen molar-refractivity contribution in [3.05, 3.63) is 12.2 Å². The van der Waals surface area contributed by atoms with E-state index in [0.29, 0.717) is 24.8 Å². The van der Waals surface area contributed by atoms with E-state index in [1.807, 2.05) is 0 Å². The molecule has 6 atom stereocenters. The summed E-state index contributed by atoms with van der Waals surface area (Å²) < 4.78 is 16.2. The zero-order valence-electron chi connectivity index (χ0n) is 12.5. The average Bonchev–Trinajstić information content (AvgIpc) is 3.02. The first-order chi connectivity index (χ1) is 10.3. The maximum absolute atomic E-state index is 11.9. The van der Waals surface area contributed by atoms with Crippen molar-refractivity contribution in [2.75, 3.05) is 6.61 Å². The smallest absolute Gasteiger partial charge is 0.458 e. The van der Waals surface area contributed by atoms with Crippen molar-refractivity contribution in [2.45, 2.75) is 49.9 Å². The number of hydrogen-bond acceptors (Lipinski definition) is 6. The number of fused-ring (bicyclic) bond motifs is 4. The van der Waals surface area contributed by atoms with Crippen LogP contribution < -0.4 is 0 Å². The van der Waals surface area contributed by atoms with Gasteiger partial charge in [-0.3, -0.25) is 0 Å². The van der Waals surface area contributed by atoms with E-state index in [-0.39, 0.29) is 36.4 Å². The van der Waals surface area contributed by atoms with Crippen molar-refractivity contribution in [1.82, 2.24) is 0 Å². The molecule has 4 fully saturated rings. The third-order valence-electron chi connectivity index (χ3n) is 6.09. The Bertz CT molecular complexity index is 567. The summed E-state index contributed by atoms with van der Waals surface area (Å²) in [5.74, 6) is -0.823. The van der Waals surface area contributed by atoms with Crippen molar-refractivity contribution in [2.24, 2.45) is 17.8 Å². The molecule has 2 aliphatic heterocycles. The van der Waals surface area contributed by atoms with E-state index in [4.69, 9.17) is 14.2 Å². The molecule has 0 amide bonds. The Kier molecular flexibility index (Phi) is 2.72. The van der Waals surface area contributed by atoms with E-state index in [0.717, 1.165) is 6.42 Å². The second-order valence-electron chi connectivity index (χ2n) is 7.27. The summed E-state index contributed by atoms with van der Waals surface area (Å²) in [7, 11) is 0. The van der Waals surface area contributed by atoms with Crippen molar-refractivity contribution in [3.8, 4) is 0 Å². The van der Waals surface area contributed by atoms with E-state index < -0.39 is 17.4 Å². The molecule has 0 aromatic carbocycles. The Morgan fingerprint density at radius 3 is 2.73 bits per heavy atom. The lowest BCUT2D eigenvalue weighted by Crippen LogP contribution is -2.49. The molecule has 6 heteroatoms. The molecular formula is C16H20O6. The summed E-state index contributed by atoms with van der Waals surface area (Å²) in [5.41, 5.74) is -1.20. The molecule has 4 rings (SSSR count). The Labute approximate surface area is 128 Å². The summed E-state index contributed by atoms with van der Waals surface area (Å²) in [6, 6.07) is 0. The molecule has 2 heterocycles. The normalized spacial score (nSPS) is 50.2. The fourth-order valence-electron chi connectivity index (χ4n) is 4.99. The predicted molar refractivity (Wildman–Crippen MR) is 73.7 cm³/mol. The minimum Gasteiger partial charge on any atom is -0.458 e. The molecule has 1 N–H and O–H groups in total. The second kappa shape index (κ2) is 4.25. The van der Waals surface area contributed by atoms with Crippen LogP contribution in [0, 0.1) is 17.8 Å². The number of esters is 1. The monoisotopic (exact) mass is 308 g/mol. The van der Waals surface area contributed by atoms with Gasteiger partial charge in [0.05, 0.1) is 5.60 Å². The second-order valence-corrected chi connectivity index (χ2v) is 7.27. The molecule has 1 spiro atoms. The van der Waals surface area contributed by atoms with Gasteiger partial charge in [-0.1, -0.05) is 6.58 Å². The first kappa shape index (κ1) is 14.1. The van der Waals surface area contributed by atoms with Crippen LogP contribution in [0.15, 0.2) is 12.2 Å². The minimum atomic E-state index is -0.954. The first-order valence-corrected chi connectivity index (χ1v) is 7.82. The fourth-order valence-corrected chi connectivity index (χ4v) is 4.99. The molecule has 0 bridgehead atoms. The Balaban J connectivity index is 1.78. The van der Waals surface area contributed by atoms with E-state index in [1.54, 1.807) is 6.92 Å². The topological polar surface area (TPSA) is 82.1 Å². The predicted octanol–water partition coefficient (Wildman–Crippen LogP) is 1.56. The van der Waals surface area contributed by atoms with Crippen LogP contribution in [0.25, 0.3) is 0 Å². The Morgan fingerprint density at radius 1 is 1.27 bits per heavy atom. The molecule has 0 unspecified atom stereocenters. The van der Waals surface area contributed by atoms with Gasteiger partial charge >= 0.3 is 12.1 Å². The third-order valence-corrected chi connectivity index (χ3v) is 6.09. The highest BCUT2D eigenvalue weighted by atomic mass is 16.8. The van der Waals surface area contributed by atoms with Gasteiger partial charge in [0.25, 0.3) is 0 Å². The highest BCUT2D eigenvalue weighted by molar-refractivity contribution is 5.90. The van der Waals surface area contributed by atoms with Gasteiger partial charge in [0.15, 0.2) is 5.60 Å². The Morgan fingerprint density at radius 2 is 2.05 bits per heavy atom. The quantitative estimate of drug-likeness (QED) is 0.540. The zero-order chi connectivity index (χ0) is 15.7. The van der Waals surface area contributed by atoms with Crippen molar-refractivity contribution >= 4 is 12.1 Å². The lowest BCUT2D eigenvalue weighted by atomic mass is 9.74. The van der Waals surface area contributed by atoms with E-state index in [9.17, 15) is 14.7 Å². The molecule has 2 aliphatic carbocycles. The lowest BCUT2D eigenvalue weighted by molar-refractivity contribution is -0.149. The van der Waals surface area contributed by atoms with Crippen LogP contribution in [0.4, 0.5) is 4.79 Å². The van der Waals surface area contributed by atoms with Gasteiger partial charge in [0, 0.05) is 23.3 Å². The Hall–Kier alpha value is -1.56. The lowest BCUT2D eigenvalue weighted by Gasteiger charge is -2.38. The minimum absolute atomic E-state index is 0.0670. The number of cyclic esters (lactones) is 1. The number of rotatable bonds is 0. The van der Waals surface area contributed by atoms with E-state index in [1.165, 1.54) is 0 Å². The largest absolute Gasteiger partial charge is 0.509 e. The molecule has 4 aliphatic rings. The van der Waals surface area contributed by atoms with Crippen LogP contribution in [0.1, 0.15) is 32.6 Å². The van der Waals surface area contributed by atoms with Gasteiger partial charge in [-0.25, -0.2) is 9.59 Å². The van der Waals surface area contributed by atoms with Gasteiger partial charge < -0.3 is 19.3 Å². The van der Waals surface area contributed by atoms with Crippen molar-refractivity contribution in [3.63, 3.8) is 0 Å². The van der Waals surface area contributed by atoms with Crippen molar-refractivity contribution < 1.29 is 28.9 Å². The molecule has 2 saturated heterocycles. The number of aliphatic hydroxyl groups is 1. The summed E-state index contributed by atoms with van der Waals surface area (Å²) in [5, 5.41) is 10.8. The van der Waals surface area contributed by atoms with Gasteiger partial charge in [0.2, 0.25) is 0 Å². The van der Waals surface area contributed by atoms with Crippen LogP contribution in [-0.4, -0.2) is 41.1 Å². The highest BCUT2D eigenvalue weighted by Crippen LogP contribution is 2.57. The summed E-state index contributed by atoms with van der Waals surface area (Å²) >= 11 is 0. The number of carbonyl (C=O) groups is 2. The molecular weight excluding hydrogens is 288 g/mol. The van der Waals surface area contributed by atoms with E-state index >= 15 is 0 Å². The van der Waals surface area contributed by atoms with Gasteiger partial charge in [-0.05, 0) is 32.6 Å². The van der Waals surface area contributed by atoms with Crippen LogP contribution in [-0.2, 0) is 19.0 Å². The van der Waals surface area contributed by atoms with Crippen LogP contribution >= 0.6 is 0 Å². The highest BCUT2D eigenvalue weighted by Gasteiger charge is 2.65. The van der Waals surface area contributed by atoms with Gasteiger partial charge in [0.1, 0.15) is 12.7 Å². The van der Waals surface area contributed by atoms with Crippen LogP contribution in [0.5, 0.6) is 0 Å². The molecule has 22 heavy (non-hydrogen) atoms. The molecule has 2 saturated carbocycles. The maximum Gasteiger partial charge on any atom is 0.509 e. The van der Waals surface area contributed by atoms with Crippen molar-refractivity contribution in [1.29, 1.82) is 0 Å². The van der Waals surface area contributed by atoms with Gasteiger partial charge in [-0.2, -0.15) is 0 Å². The zero-order valence-corrected chi connectivity index (χ0v) is 12.5. The number of ether oxygens (including phenoxy) is 3. The average molecular weight is 308 g/mol. The fraction of sp³-hybridized carbons (Fsp3) is 0.750. The van der Waals surface area contributed by atoms with Crippen LogP contribution in [0.2, 0.25) is 0 Å². The number of carbonyl (C=O) groups excluding carboxylic acids is 2. The van der Waals surface area contributed by atoms with Crippen LogP contribution in [0.3, 0.4) is 0 Å².